The minimum Gasteiger partial charge on any atom is -0.351 e. The van der Waals surface area contributed by atoms with Gasteiger partial charge in [0.2, 0.25) is 0 Å². The third kappa shape index (κ3) is 4.55. The van der Waals surface area contributed by atoms with E-state index in [0.717, 1.165) is 22.7 Å². The Balaban J connectivity index is 1.83. The van der Waals surface area contributed by atoms with Crippen LogP contribution < -0.4 is 5.32 Å². The van der Waals surface area contributed by atoms with E-state index in [1.807, 2.05) is 65.6 Å². The van der Waals surface area contributed by atoms with Crippen molar-refractivity contribution in [2.45, 2.75) is 6.54 Å². The summed E-state index contributed by atoms with van der Waals surface area (Å²) >= 11 is 1.59. The number of amides is 1. The molecule has 0 unspecified atom stereocenters. The number of thiophene rings is 1. The lowest BCUT2D eigenvalue weighted by Crippen LogP contribution is -2.31. The Morgan fingerprint density at radius 3 is 2.68 bits per heavy atom. The molecule has 25 heavy (non-hydrogen) atoms. The molecule has 1 N–H and O–H groups in total. The summed E-state index contributed by atoms with van der Waals surface area (Å²) in [5, 5.41) is 9.65. The topological polar surface area (TPSA) is 50.2 Å². The molecule has 2 heterocycles. The van der Waals surface area contributed by atoms with Gasteiger partial charge in [0, 0.05) is 19.3 Å². The first-order valence-electron chi connectivity index (χ1n) is 8.21. The molecule has 0 spiro atoms. The standard InChI is InChI=1S/C19H22N4OS/c1-22(2)11-10-20-19(24)16-14-23(13-15-7-4-3-5-8-15)21-18(16)17-9-6-12-25-17/h3-9,12,14H,10-11,13H2,1-2H3,(H,20,24). The van der Waals surface area contributed by atoms with Crippen LogP contribution in [0, 0.1) is 0 Å². The maximum absolute atomic E-state index is 12.6. The second-order valence-electron chi connectivity index (χ2n) is 6.11. The Kier molecular flexibility index (Phi) is 5.63. The molecule has 0 bridgehead atoms. The fraction of sp³-hybridized carbons (Fsp3) is 0.263. The fourth-order valence-electron chi connectivity index (χ4n) is 2.52. The zero-order valence-electron chi connectivity index (χ0n) is 14.5. The van der Waals surface area contributed by atoms with Crippen molar-refractivity contribution in [2.24, 2.45) is 0 Å². The molecule has 0 aliphatic heterocycles. The Morgan fingerprint density at radius 1 is 1.20 bits per heavy atom. The molecular weight excluding hydrogens is 332 g/mol. The molecular formula is C19H22N4OS. The van der Waals surface area contributed by atoms with Crippen LogP contribution in [-0.4, -0.2) is 47.8 Å². The molecule has 0 saturated carbocycles. The Hall–Kier alpha value is -2.44. The molecule has 3 rings (SSSR count). The summed E-state index contributed by atoms with van der Waals surface area (Å²) in [6.45, 7) is 2.06. The smallest absolute Gasteiger partial charge is 0.255 e. The third-order valence-electron chi connectivity index (χ3n) is 3.79. The van der Waals surface area contributed by atoms with Gasteiger partial charge >= 0.3 is 0 Å². The van der Waals surface area contributed by atoms with Gasteiger partial charge in [0.05, 0.1) is 17.0 Å². The summed E-state index contributed by atoms with van der Waals surface area (Å²) in [6, 6.07) is 14.1. The van der Waals surface area contributed by atoms with Gasteiger partial charge in [-0.25, -0.2) is 0 Å². The zero-order chi connectivity index (χ0) is 17.6. The molecule has 130 valence electrons. The maximum atomic E-state index is 12.6. The predicted octanol–water partition coefficient (Wildman–Crippen LogP) is 2.95. The van der Waals surface area contributed by atoms with Crippen molar-refractivity contribution in [3.8, 4) is 10.6 Å². The van der Waals surface area contributed by atoms with Crippen molar-refractivity contribution in [3.63, 3.8) is 0 Å². The summed E-state index contributed by atoms with van der Waals surface area (Å²) in [5.41, 5.74) is 2.52. The van der Waals surface area contributed by atoms with E-state index in [4.69, 9.17) is 0 Å². The van der Waals surface area contributed by atoms with Crippen LogP contribution >= 0.6 is 11.3 Å². The largest absolute Gasteiger partial charge is 0.351 e. The van der Waals surface area contributed by atoms with E-state index < -0.39 is 0 Å². The molecule has 0 saturated heterocycles. The lowest BCUT2D eigenvalue weighted by Gasteiger charge is -2.10. The SMILES string of the molecule is CN(C)CCNC(=O)c1cn(Cc2ccccc2)nc1-c1cccs1. The highest BCUT2D eigenvalue weighted by Crippen LogP contribution is 2.27. The van der Waals surface area contributed by atoms with Gasteiger partial charge in [0.1, 0.15) is 5.69 Å². The summed E-state index contributed by atoms with van der Waals surface area (Å²) in [4.78, 5) is 15.7. The van der Waals surface area contributed by atoms with E-state index in [-0.39, 0.29) is 5.91 Å². The second kappa shape index (κ2) is 8.09. The molecule has 5 nitrogen and oxygen atoms in total. The van der Waals surface area contributed by atoms with Crippen molar-refractivity contribution in [3.05, 3.63) is 65.2 Å². The molecule has 3 aromatic rings. The number of hydrogen-bond donors (Lipinski definition) is 1. The van der Waals surface area contributed by atoms with Crippen LogP contribution in [0.25, 0.3) is 10.6 Å². The number of nitrogens with one attached hydrogen (secondary N) is 1. The number of nitrogens with zero attached hydrogens (tertiary/aromatic N) is 3. The first-order valence-corrected chi connectivity index (χ1v) is 9.09. The number of carbonyl (C=O) groups excluding carboxylic acids is 1. The number of benzene rings is 1. The van der Waals surface area contributed by atoms with Gasteiger partial charge in [-0.1, -0.05) is 36.4 Å². The molecule has 0 fully saturated rings. The third-order valence-corrected chi connectivity index (χ3v) is 4.67. The van der Waals surface area contributed by atoms with Crippen LogP contribution in [-0.2, 0) is 6.54 Å². The van der Waals surface area contributed by atoms with Crippen LogP contribution in [0.15, 0.2) is 54.0 Å². The number of likely N-dealkylation sites (N-methyl/N-ethyl adjacent to an activating group) is 1. The summed E-state index contributed by atoms with van der Waals surface area (Å²) in [5.74, 6) is -0.0791. The van der Waals surface area contributed by atoms with E-state index in [9.17, 15) is 4.79 Å². The average Bonchev–Trinajstić information content (AvgIpc) is 3.24. The molecule has 2 aromatic heterocycles. The highest BCUT2D eigenvalue weighted by atomic mass is 32.1. The number of hydrogen-bond acceptors (Lipinski definition) is 4. The maximum Gasteiger partial charge on any atom is 0.255 e. The van der Waals surface area contributed by atoms with Gasteiger partial charge in [0.25, 0.3) is 5.91 Å². The first kappa shape index (κ1) is 17.4. The zero-order valence-corrected chi connectivity index (χ0v) is 15.3. The summed E-state index contributed by atoms with van der Waals surface area (Å²) in [7, 11) is 3.97. The monoisotopic (exact) mass is 354 g/mol. The number of carbonyl (C=O) groups is 1. The molecule has 0 atom stereocenters. The average molecular weight is 354 g/mol. The van der Waals surface area contributed by atoms with E-state index in [1.165, 1.54) is 0 Å². The number of rotatable bonds is 7. The normalized spacial score (nSPS) is 11.0. The molecule has 1 amide bonds. The van der Waals surface area contributed by atoms with Crippen molar-refractivity contribution in [1.82, 2.24) is 20.0 Å². The van der Waals surface area contributed by atoms with E-state index >= 15 is 0 Å². The van der Waals surface area contributed by atoms with Crippen LogP contribution in [0.1, 0.15) is 15.9 Å². The molecule has 6 heteroatoms. The van der Waals surface area contributed by atoms with Gasteiger partial charge in [-0.15, -0.1) is 11.3 Å². The van der Waals surface area contributed by atoms with Gasteiger partial charge in [-0.05, 0) is 31.1 Å². The fourth-order valence-corrected chi connectivity index (χ4v) is 3.25. The first-order chi connectivity index (χ1) is 12.1. The van der Waals surface area contributed by atoms with Crippen LogP contribution in [0.3, 0.4) is 0 Å². The molecule has 0 aliphatic carbocycles. The highest BCUT2D eigenvalue weighted by Gasteiger charge is 2.18. The quantitative estimate of drug-likeness (QED) is 0.710. The van der Waals surface area contributed by atoms with E-state index in [0.29, 0.717) is 18.7 Å². The van der Waals surface area contributed by atoms with Crippen molar-refractivity contribution in [1.29, 1.82) is 0 Å². The van der Waals surface area contributed by atoms with Crippen molar-refractivity contribution in [2.75, 3.05) is 27.2 Å². The van der Waals surface area contributed by atoms with Crippen LogP contribution in [0.4, 0.5) is 0 Å². The molecule has 0 radical (unpaired) electrons. The van der Waals surface area contributed by atoms with Gasteiger partial charge in [-0.3, -0.25) is 9.48 Å². The minimum absolute atomic E-state index is 0.0791. The minimum atomic E-state index is -0.0791. The highest BCUT2D eigenvalue weighted by molar-refractivity contribution is 7.13. The van der Waals surface area contributed by atoms with Gasteiger partial charge in [0.15, 0.2) is 0 Å². The second-order valence-corrected chi connectivity index (χ2v) is 7.06. The molecule has 1 aromatic carbocycles. The van der Waals surface area contributed by atoms with Crippen molar-refractivity contribution < 1.29 is 4.79 Å². The summed E-state index contributed by atoms with van der Waals surface area (Å²) < 4.78 is 1.84. The van der Waals surface area contributed by atoms with Gasteiger partial charge in [-0.2, -0.15) is 5.10 Å². The lowest BCUT2D eigenvalue weighted by molar-refractivity contribution is 0.0951. The summed E-state index contributed by atoms with van der Waals surface area (Å²) in [6.07, 6.45) is 1.84. The Morgan fingerprint density at radius 2 is 2.00 bits per heavy atom. The van der Waals surface area contributed by atoms with Crippen molar-refractivity contribution >= 4 is 17.2 Å². The number of aromatic nitrogens is 2. The van der Waals surface area contributed by atoms with Crippen LogP contribution in [0.2, 0.25) is 0 Å². The van der Waals surface area contributed by atoms with Crippen LogP contribution in [0.5, 0.6) is 0 Å². The predicted molar refractivity (Wildman–Crippen MR) is 102 cm³/mol. The Bertz CT molecular complexity index is 809. The lowest BCUT2D eigenvalue weighted by atomic mass is 10.2. The molecule has 0 aliphatic rings. The van der Waals surface area contributed by atoms with E-state index in [2.05, 4.69) is 22.5 Å². The van der Waals surface area contributed by atoms with E-state index in [1.54, 1.807) is 11.3 Å². The Labute approximate surface area is 151 Å². The van der Waals surface area contributed by atoms with Gasteiger partial charge < -0.3 is 10.2 Å².